The van der Waals surface area contributed by atoms with Gasteiger partial charge in [-0.15, -0.1) is 9.32 Å². The van der Waals surface area contributed by atoms with Crippen molar-refractivity contribution in [1.82, 2.24) is 0 Å². The third kappa shape index (κ3) is 3.93. The Hall–Kier alpha value is -1.54. The van der Waals surface area contributed by atoms with Crippen LogP contribution in [0.25, 0.3) is 0 Å². The number of fused-ring (bicyclic) bond motifs is 5. The first-order chi connectivity index (χ1) is 14.1. The highest BCUT2D eigenvalue weighted by molar-refractivity contribution is 7.90. The van der Waals surface area contributed by atoms with Crippen LogP contribution in [0.1, 0.15) is 63.0 Å². The quantitative estimate of drug-likeness (QED) is 0.177. The zero-order chi connectivity index (χ0) is 20.4. The van der Waals surface area contributed by atoms with Gasteiger partial charge in [0.25, 0.3) is 12.3 Å². The van der Waals surface area contributed by atoms with E-state index in [-0.39, 0.29) is 11.4 Å². The molecule has 0 spiro atoms. The van der Waals surface area contributed by atoms with Gasteiger partial charge in [0.2, 0.25) is 0 Å². The lowest BCUT2D eigenvalue weighted by Gasteiger charge is -2.49. The van der Waals surface area contributed by atoms with Crippen LogP contribution in [-0.4, -0.2) is 12.6 Å². The molecule has 1 aromatic carbocycles. The third-order valence-electron chi connectivity index (χ3n) is 7.32. The second-order valence-corrected chi connectivity index (χ2v) is 8.95. The lowest BCUT2D eigenvalue weighted by Crippen LogP contribution is -2.40. The Morgan fingerprint density at radius 3 is 2.97 bits per heavy atom. The lowest BCUT2D eigenvalue weighted by molar-refractivity contribution is -0.199. The predicted molar refractivity (Wildman–Crippen MR) is 110 cm³/mol. The molecular formula is C22H29NO5S. The zero-order valence-electron chi connectivity index (χ0n) is 17.0. The SMILES string of the molecule is CCOC(=O)C=C1CCC2C3CCc4cc(OSOON)ccc4C3CCC12C. The molecule has 2 saturated carbocycles. The Labute approximate surface area is 176 Å². The van der Waals surface area contributed by atoms with Gasteiger partial charge in [-0.1, -0.05) is 18.6 Å². The smallest absolute Gasteiger partial charge is 0.330 e. The van der Waals surface area contributed by atoms with Gasteiger partial charge in [0.15, 0.2) is 0 Å². The largest absolute Gasteiger partial charge is 0.463 e. The second kappa shape index (κ2) is 8.68. The highest BCUT2D eigenvalue weighted by atomic mass is 32.2. The standard InChI is InChI=1S/C22H29NO5S/c1-3-25-21(24)13-15-5-9-20-19-7-4-14-12-16(26-29-28-27-23)6-8-17(14)18(19)10-11-22(15,20)2/h6,8,12-13,18-20H,3-5,7,9-11,23H2,1-2H3. The van der Waals surface area contributed by atoms with E-state index in [1.807, 2.05) is 13.0 Å². The first-order valence-corrected chi connectivity index (χ1v) is 11.1. The molecule has 0 heterocycles. The average molecular weight is 420 g/mol. The van der Waals surface area contributed by atoms with E-state index in [9.17, 15) is 4.79 Å². The molecule has 2 N–H and O–H groups in total. The molecule has 0 amide bonds. The first kappa shape index (κ1) is 20.7. The molecule has 3 aliphatic rings. The number of ether oxygens (including phenoxy) is 1. The molecule has 0 aliphatic heterocycles. The van der Waals surface area contributed by atoms with Gasteiger partial charge in [-0.3, -0.25) is 0 Å². The highest BCUT2D eigenvalue weighted by Gasteiger charge is 2.52. The number of rotatable bonds is 6. The van der Waals surface area contributed by atoms with Crippen molar-refractivity contribution in [3.8, 4) is 5.75 Å². The molecule has 0 saturated heterocycles. The number of hydrogen-bond acceptors (Lipinski definition) is 7. The van der Waals surface area contributed by atoms with Crippen molar-refractivity contribution < 1.29 is 23.0 Å². The number of carbonyl (C=O) groups excluding carboxylic acids is 1. The third-order valence-corrected chi connectivity index (χ3v) is 7.72. The maximum absolute atomic E-state index is 12.1. The molecule has 4 unspecified atom stereocenters. The molecule has 3 aliphatic carbocycles. The summed E-state index contributed by atoms with van der Waals surface area (Å²) >= 11 is 0.709. The summed E-state index contributed by atoms with van der Waals surface area (Å²) in [6, 6.07) is 6.30. The molecule has 0 aromatic heterocycles. The molecule has 4 atom stereocenters. The molecule has 6 nitrogen and oxygen atoms in total. The van der Waals surface area contributed by atoms with Crippen molar-refractivity contribution in [2.45, 2.75) is 58.3 Å². The molecular weight excluding hydrogens is 390 g/mol. The van der Waals surface area contributed by atoms with Crippen LogP contribution in [0, 0.1) is 17.3 Å². The van der Waals surface area contributed by atoms with E-state index >= 15 is 0 Å². The molecule has 4 rings (SSSR count). The first-order valence-electron chi connectivity index (χ1n) is 10.4. The van der Waals surface area contributed by atoms with E-state index < -0.39 is 0 Å². The van der Waals surface area contributed by atoms with Gasteiger partial charge < -0.3 is 8.92 Å². The zero-order valence-corrected chi connectivity index (χ0v) is 17.8. The normalized spacial score (nSPS) is 31.7. The van der Waals surface area contributed by atoms with Crippen LogP contribution in [0.5, 0.6) is 5.75 Å². The van der Waals surface area contributed by atoms with E-state index in [1.165, 1.54) is 29.5 Å². The molecule has 1 aromatic rings. The van der Waals surface area contributed by atoms with Crippen molar-refractivity contribution in [2.24, 2.45) is 23.1 Å². The van der Waals surface area contributed by atoms with Crippen molar-refractivity contribution in [1.29, 1.82) is 0 Å². The molecule has 2 fully saturated rings. The van der Waals surface area contributed by atoms with Gasteiger partial charge in [-0.25, -0.2) is 4.79 Å². The van der Waals surface area contributed by atoms with Crippen molar-refractivity contribution >= 4 is 18.3 Å². The average Bonchev–Trinajstić information content (AvgIpc) is 3.04. The fraction of sp³-hybridized carbons (Fsp3) is 0.591. The highest BCUT2D eigenvalue weighted by Crippen LogP contribution is 2.62. The van der Waals surface area contributed by atoms with Crippen LogP contribution < -0.4 is 10.1 Å². The Kier molecular flexibility index (Phi) is 6.20. The summed E-state index contributed by atoms with van der Waals surface area (Å²) in [6.45, 7) is 4.66. The number of aryl methyl sites for hydroxylation is 1. The Balaban J connectivity index is 1.52. The number of carbonyl (C=O) groups is 1. The van der Waals surface area contributed by atoms with Gasteiger partial charge in [-0.2, -0.15) is 5.90 Å². The Morgan fingerprint density at radius 1 is 1.31 bits per heavy atom. The molecule has 7 heteroatoms. The minimum Gasteiger partial charge on any atom is -0.463 e. The van der Waals surface area contributed by atoms with Gasteiger partial charge in [-0.05, 0) is 91.9 Å². The summed E-state index contributed by atoms with van der Waals surface area (Å²) in [5.41, 5.74) is 4.25. The number of benzene rings is 1. The number of esters is 1. The molecule has 29 heavy (non-hydrogen) atoms. The summed E-state index contributed by atoms with van der Waals surface area (Å²) in [4.78, 5) is 16.1. The number of hydrogen-bond donors (Lipinski definition) is 1. The topological polar surface area (TPSA) is 80.0 Å². The van der Waals surface area contributed by atoms with Gasteiger partial charge >= 0.3 is 5.97 Å². The maximum atomic E-state index is 12.1. The second-order valence-electron chi connectivity index (χ2n) is 8.51. The monoisotopic (exact) mass is 419 g/mol. The molecule has 0 radical (unpaired) electrons. The summed E-state index contributed by atoms with van der Waals surface area (Å²) in [5.74, 6) is 7.28. The molecule has 0 bridgehead atoms. The van der Waals surface area contributed by atoms with Crippen LogP contribution in [0.2, 0.25) is 0 Å². The van der Waals surface area contributed by atoms with Crippen LogP contribution in [0.4, 0.5) is 0 Å². The van der Waals surface area contributed by atoms with E-state index in [2.05, 4.69) is 28.4 Å². The van der Waals surface area contributed by atoms with Crippen molar-refractivity contribution in [2.75, 3.05) is 6.61 Å². The minimum absolute atomic E-state index is 0.130. The van der Waals surface area contributed by atoms with Crippen LogP contribution in [0.3, 0.4) is 0 Å². The van der Waals surface area contributed by atoms with Crippen LogP contribution in [0.15, 0.2) is 29.8 Å². The lowest BCUT2D eigenvalue weighted by atomic mass is 9.55. The van der Waals surface area contributed by atoms with Crippen molar-refractivity contribution in [3.63, 3.8) is 0 Å². The summed E-state index contributed by atoms with van der Waals surface area (Å²) in [6.07, 6.45) is 8.49. The molecule has 158 valence electrons. The number of allylic oxidation sites excluding steroid dienone is 1. The summed E-state index contributed by atoms with van der Waals surface area (Å²) < 4.78 is 15.1. The maximum Gasteiger partial charge on any atom is 0.330 e. The van der Waals surface area contributed by atoms with E-state index in [4.69, 9.17) is 14.8 Å². The van der Waals surface area contributed by atoms with E-state index in [0.29, 0.717) is 36.7 Å². The van der Waals surface area contributed by atoms with Crippen LogP contribution in [-0.2, 0) is 25.3 Å². The summed E-state index contributed by atoms with van der Waals surface area (Å²) in [5, 5.41) is 0. The number of nitrogens with two attached hydrogens (primary N) is 1. The Morgan fingerprint density at radius 2 is 2.17 bits per heavy atom. The summed E-state index contributed by atoms with van der Waals surface area (Å²) in [7, 11) is 0. The fourth-order valence-corrected chi connectivity index (χ4v) is 6.33. The van der Waals surface area contributed by atoms with E-state index in [0.717, 1.165) is 31.4 Å². The van der Waals surface area contributed by atoms with Crippen LogP contribution >= 0.6 is 12.3 Å². The van der Waals surface area contributed by atoms with Gasteiger partial charge in [0, 0.05) is 6.08 Å². The van der Waals surface area contributed by atoms with E-state index in [1.54, 1.807) is 6.08 Å². The fourth-order valence-electron chi connectivity index (χ4n) is 6.09. The Bertz CT molecular complexity index is 797. The minimum atomic E-state index is -0.185. The van der Waals surface area contributed by atoms with Gasteiger partial charge in [0.1, 0.15) is 5.75 Å². The van der Waals surface area contributed by atoms with Gasteiger partial charge in [0.05, 0.1) is 6.61 Å². The van der Waals surface area contributed by atoms with Crippen molar-refractivity contribution in [3.05, 3.63) is 41.0 Å². The predicted octanol–water partition coefficient (Wildman–Crippen LogP) is 4.80.